The lowest BCUT2D eigenvalue weighted by Crippen LogP contribution is -2.48. The maximum absolute atomic E-state index is 12.0. The zero-order valence-corrected chi connectivity index (χ0v) is 8.01. The lowest BCUT2D eigenvalue weighted by molar-refractivity contribution is -0.156. The molecule has 1 N–H and O–H groups in total. The molecule has 0 bridgehead atoms. The zero-order valence-electron chi connectivity index (χ0n) is 7.25. The Hall–Kier alpha value is -1.27. The Balaban J connectivity index is 2.90. The van der Waals surface area contributed by atoms with Crippen LogP contribution in [0.1, 0.15) is 0 Å². The fourth-order valence-corrected chi connectivity index (χ4v) is 1.05. The van der Waals surface area contributed by atoms with Crippen molar-refractivity contribution in [3.05, 3.63) is 30.3 Å². The third-order valence-electron chi connectivity index (χ3n) is 1.43. The van der Waals surface area contributed by atoms with Gasteiger partial charge in [0.2, 0.25) is 0 Å². The molecule has 0 atom stereocenters. The fourth-order valence-electron chi connectivity index (χ4n) is 0.914. The van der Waals surface area contributed by atoms with E-state index in [1.54, 1.807) is 6.07 Å². The van der Waals surface area contributed by atoms with Crippen molar-refractivity contribution in [3.8, 4) is 0 Å². The van der Waals surface area contributed by atoms with Crippen LogP contribution in [0, 0.1) is 0 Å². The molecule has 0 spiro atoms. The summed E-state index contributed by atoms with van der Waals surface area (Å²) in [5, 5.41) is -1.06. The highest BCUT2D eigenvalue weighted by Gasteiger charge is 2.32. The van der Waals surface area contributed by atoms with E-state index in [0.29, 0.717) is 0 Å². The molecule has 0 fully saturated rings. The predicted octanol–water partition coefficient (Wildman–Crippen LogP) is 2.88. The van der Waals surface area contributed by atoms with E-state index < -0.39 is 11.7 Å². The molecular formula is C8H6ClF3N2O. The molecule has 82 valence electrons. The average Bonchev–Trinajstić information content (AvgIpc) is 2.14. The van der Waals surface area contributed by atoms with Gasteiger partial charge < -0.3 is 0 Å². The van der Waals surface area contributed by atoms with Crippen LogP contribution in [-0.4, -0.2) is 11.7 Å². The second-order valence-corrected chi connectivity index (χ2v) is 2.86. The van der Waals surface area contributed by atoms with Crippen molar-refractivity contribution >= 4 is 22.7 Å². The molecule has 1 amide bonds. The summed E-state index contributed by atoms with van der Waals surface area (Å²) in [6, 6.07) is 7.21. The molecule has 0 aliphatic heterocycles. The molecule has 1 aromatic carbocycles. The van der Waals surface area contributed by atoms with Crippen LogP contribution < -0.4 is 10.4 Å². The van der Waals surface area contributed by atoms with Crippen molar-refractivity contribution < 1.29 is 18.0 Å². The number of halogens is 4. The van der Waals surface area contributed by atoms with Gasteiger partial charge in [-0.15, -0.1) is 5.43 Å². The van der Waals surface area contributed by atoms with Crippen LogP contribution in [0.25, 0.3) is 0 Å². The Morgan fingerprint density at radius 3 is 2.20 bits per heavy atom. The van der Waals surface area contributed by atoms with Crippen molar-refractivity contribution in [3.63, 3.8) is 0 Å². The first-order valence-corrected chi connectivity index (χ1v) is 4.17. The Morgan fingerprint density at radius 2 is 1.80 bits per heavy atom. The number of hydrazine groups is 1. The van der Waals surface area contributed by atoms with Crippen molar-refractivity contribution in [2.75, 3.05) is 5.01 Å². The maximum atomic E-state index is 12.0. The lowest BCUT2D eigenvalue weighted by atomic mass is 10.3. The van der Waals surface area contributed by atoms with Gasteiger partial charge in [-0.05, 0) is 23.7 Å². The number of anilines is 1. The topological polar surface area (TPSA) is 32.3 Å². The molecule has 0 saturated carbocycles. The first-order chi connectivity index (χ1) is 6.90. The van der Waals surface area contributed by atoms with E-state index in [4.69, 9.17) is 11.6 Å². The van der Waals surface area contributed by atoms with Crippen molar-refractivity contribution in [2.45, 2.75) is 6.30 Å². The first kappa shape index (κ1) is 11.8. The quantitative estimate of drug-likeness (QED) is 0.488. The zero-order chi connectivity index (χ0) is 11.5. The van der Waals surface area contributed by atoms with Gasteiger partial charge in [0.05, 0.1) is 5.69 Å². The Bertz CT molecular complexity index is 341. The van der Waals surface area contributed by atoms with Gasteiger partial charge in [0.25, 0.3) is 0 Å². The minimum Gasteiger partial charge on any atom is -0.254 e. The van der Waals surface area contributed by atoms with Gasteiger partial charge in [0.1, 0.15) is 0 Å². The number of hydrogen-bond donors (Lipinski definition) is 1. The van der Waals surface area contributed by atoms with Crippen LogP contribution in [0.3, 0.4) is 0 Å². The molecule has 0 saturated heterocycles. The van der Waals surface area contributed by atoms with E-state index in [-0.39, 0.29) is 10.7 Å². The molecule has 0 aromatic heterocycles. The second-order valence-electron chi connectivity index (χ2n) is 2.53. The Kier molecular flexibility index (Phi) is 3.54. The molecule has 1 aromatic rings. The third-order valence-corrected chi connectivity index (χ3v) is 1.60. The number of para-hydroxylation sites is 1. The summed E-state index contributed by atoms with van der Waals surface area (Å²) in [4.78, 5) is 10.8. The summed E-state index contributed by atoms with van der Waals surface area (Å²) in [5.74, 6) is 0. The fraction of sp³-hybridized carbons (Fsp3) is 0.125. The Labute approximate surface area is 88.4 Å². The molecule has 0 radical (unpaired) electrons. The van der Waals surface area contributed by atoms with Gasteiger partial charge in [-0.25, -0.2) is 5.01 Å². The lowest BCUT2D eigenvalue weighted by Gasteiger charge is -2.21. The van der Waals surface area contributed by atoms with E-state index in [2.05, 4.69) is 0 Å². The number of nitrogens with zero attached hydrogens (tertiary/aromatic N) is 1. The van der Waals surface area contributed by atoms with E-state index in [0.717, 1.165) is 5.43 Å². The van der Waals surface area contributed by atoms with Gasteiger partial charge in [0.15, 0.2) is 0 Å². The van der Waals surface area contributed by atoms with Gasteiger partial charge in [-0.2, -0.15) is 13.2 Å². The highest BCUT2D eigenvalue weighted by molar-refractivity contribution is 6.66. The summed E-state index contributed by atoms with van der Waals surface area (Å²) in [6.07, 6.45) is -4.72. The maximum Gasteiger partial charge on any atom is 0.475 e. The number of carbonyl (C=O) groups excluding carboxylic acids is 1. The highest BCUT2D eigenvalue weighted by Crippen LogP contribution is 2.18. The average molecular weight is 239 g/mol. The minimum absolute atomic E-state index is 0.00910. The first-order valence-electron chi connectivity index (χ1n) is 3.79. The van der Waals surface area contributed by atoms with Crippen LogP contribution >= 0.6 is 11.6 Å². The van der Waals surface area contributed by atoms with Crippen LogP contribution in [0.5, 0.6) is 0 Å². The van der Waals surface area contributed by atoms with Crippen molar-refractivity contribution in [2.24, 2.45) is 0 Å². The molecule has 0 unspecified atom stereocenters. The standard InChI is InChI=1S/C8H6ClF3N2O/c9-7(15)14(13-8(10,11)12)6-4-2-1-3-5-6/h1-5,13H. The molecule has 0 heterocycles. The van der Waals surface area contributed by atoms with Crippen molar-refractivity contribution in [1.82, 2.24) is 5.43 Å². The SMILES string of the molecule is O=C(Cl)N(NC(F)(F)F)c1ccccc1. The number of carbonyl (C=O) groups is 1. The largest absolute Gasteiger partial charge is 0.475 e. The minimum atomic E-state index is -4.72. The number of hydrogen-bond acceptors (Lipinski definition) is 2. The van der Waals surface area contributed by atoms with E-state index in [1.165, 1.54) is 24.3 Å². The molecule has 15 heavy (non-hydrogen) atoms. The molecule has 7 heteroatoms. The molecule has 3 nitrogen and oxygen atoms in total. The van der Waals surface area contributed by atoms with Gasteiger partial charge in [0, 0.05) is 0 Å². The Morgan fingerprint density at radius 1 is 1.27 bits per heavy atom. The molecule has 0 aliphatic rings. The van der Waals surface area contributed by atoms with Crippen LogP contribution in [0.4, 0.5) is 23.7 Å². The van der Waals surface area contributed by atoms with E-state index in [1.807, 2.05) is 0 Å². The number of amides is 1. The molecule has 1 rings (SSSR count). The highest BCUT2D eigenvalue weighted by atomic mass is 35.5. The normalized spacial score (nSPS) is 11.2. The number of rotatable bonds is 2. The third kappa shape index (κ3) is 3.77. The predicted molar refractivity (Wildman–Crippen MR) is 49.4 cm³/mol. The summed E-state index contributed by atoms with van der Waals surface area (Å²) in [6.45, 7) is 0. The van der Waals surface area contributed by atoms with Gasteiger partial charge in [-0.1, -0.05) is 18.2 Å². The summed E-state index contributed by atoms with van der Waals surface area (Å²) >= 11 is 5.01. The van der Waals surface area contributed by atoms with E-state index in [9.17, 15) is 18.0 Å². The van der Waals surface area contributed by atoms with Crippen LogP contribution in [0.2, 0.25) is 0 Å². The summed E-state index contributed by atoms with van der Waals surface area (Å²) in [5.41, 5.74) is 1.03. The smallest absolute Gasteiger partial charge is 0.254 e. The monoisotopic (exact) mass is 238 g/mol. The van der Waals surface area contributed by atoms with Gasteiger partial charge >= 0.3 is 11.7 Å². The van der Waals surface area contributed by atoms with E-state index >= 15 is 0 Å². The number of alkyl halides is 3. The number of benzene rings is 1. The van der Waals surface area contributed by atoms with Crippen LogP contribution in [0.15, 0.2) is 30.3 Å². The summed E-state index contributed by atoms with van der Waals surface area (Å²) < 4.78 is 36.0. The summed E-state index contributed by atoms with van der Waals surface area (Å²) in [7, 11) is 0. The van der Waals surface area contributed by atoms with Crippen LogP contribution in [-0.2, 0) is 0 Å². The molecular weight excluding hydrogens is 233 g/mol. The molecule has 0 aliphatic carbocycles. The number of nitrogens with one attached hydrogen (secondary N) is 1. The van der Waals surface area contributed by atoms with Gasteiger partial charge in [-0.3, -0.25) is 4.79 Å². The van der Waals surface area contributed by atoms with Crippen molar-refractivity contribution in [1.29, 1.82) is 0 Å². The second kappa shape index (κ2) is 4.50.